The van der Waals surface area contributed by atoms with Crippen molar-refractivity contribution in [2.75, 3.05) is 0 Å². The maximum atomic E-state index is 12.2. The smallest absolute Gasteiger partial charge is 0.272 e. The number of carbonyl (C=O) groups excluding carboxylic acids is 1. The first-order chi connectivity index (χ1) is 12.5. The van der Waals surface area contributed by atoms with Crippen LogP contribution < -0.4 is 10.1 Å². The van der Waals surface area contributed by atoms with Crippen LogP contribution in [0.5, 0.6) is 5.75 Å². The summed E-state index contributed by atoms with van der Waals surface area (Å²) in [5, 5.41) is 11.9. The van der Waals surface area contributed by atoms with Crippen molar-refractivity contribution >= 4 is 45.0 Å². The second-order valence-corrected chi connectivity index (χ2v) is 6.98. The van der Waals surface area contributed by atoms with Crippen LogP contribution in [-0.4, -0.2) is 25.5 Å². The fourth-order valence-electron chi connectivity index (χ4n) is 2.20. The van der Waals surface area contributed by atoms with E-state index in [0.717, 1.165) is 10.2 Å². The minimum atomic E-state index is -0.298. The third kappa shape index (κ3) is 4.20. The van der Waals surface area contributed by atoms with Gasteiger partial charge in [0.1, 0.15) is 5.69 Å². The standard InChI is InChI=1S/C16H14BrCl2N5O2/c1-23-14(10(17)7-21-23)8-20-16(25)13-5-6-24(22-13)9-26-15-11(18)3-2-4-12(15)19/h2-7H,8-9H2,1H3,(H,20,25). The van der Waals surface area contributed by atoms with E-state index in [1.54, 1.807) is 48.4 Å². The second kappa shape index (κ2) is 8.11. The quantitative estimate of drug-likeness (QED) is 0.611. The molecule has 0 aliphatic heterocycles. The van der Waals surface area contributed by atoms with Gasteiger partial charge in [0.15, 0.2) is 12.5 Å². The van der Waals surface area contributed by atoms with Crippen LogP contribution in [0, 0.1) is 0 Å². The molecule has 2 heterocycles. The highest BCUT2D eigenvalue weighted by molar-refractivity contribution is 9.10. The summed E-state index contributed by atoms with van der Waals surface area (Å²) in [6.45, 7) is 0.401. The van der Waals surface area contributed by atoms with Crippen molar-refractivity contribution in [1.82, 2.24) is 24.9 Å². The monoisotopic (exact) mass is 457 g/mol. The fourth-order valence-corrected chi connectivity index (χ4v) is 3.19. The van der Waals surface area contributed by atoms with Crippen molar-refractivity contribution in [2.24, 2.45) is 7.05 Å². The van der Waals surface area contributed by atoms with Crippen LogP contribution in [0.1, 0.15) is 16.2 Å². The van der Waals surface area contributed by atoms with E-state index in [2.05, 4.69) is 31.4 Å². The Morgan fingerprint density at radius 2 is 2.04 bits per heavy atom. The predicted octanol–water partition coefficient (Wildman–Crippen LogP) is 3.65. The molecule has 0 radical (unpaired) electrons. The van der Waals surface area contributed by atoms with E-state index in [-0.39, 0.29) is 18.3 Å². The molecule has 0 aliphatic rings. The molecule has 3 rings (SSSR count). The van der Waals surface area contributed by atoms with E-state index in [1.807, 2.05) is 0 Å². The molecule has 0 aliphatic carbocycles. The van der Waals surface area contributed by atoms with E-state index in [4.69, 9.17) is 27.9 Å². The lowest BCUT2D eigenvalue weighted by molar-refractivity contribution is 0.0943. The lowest BCUT2D eigenvalue weighted by Crippen LogP contribution is -2.25. The van der Waals surface area contributed by atoms with Gasteiger partial charge in [-0.3, -0.25) is 9.48 Å². The summed E-state index contributed by atoms with van der Waals surface area (Å²) in [6, 6.07) is 6.70. The molecule has 0 spiro atoms. The SMILES string of the molecule is Cn1ncc(Br)c1CNC(=O)c1ccn(COc2c(Cl)cccc2Cl)n1. The number of hydrogen-bond acceptors (Lipinski definition) is 4. The maximum absolute atomic E-state index is 12.2. The van der Waals surface area contributed by atoms with Crippen LogP contribution in [0.3, 0.4) is 0 Å². The number of ether oxygens (including phenoxy) is 1. The van der Waals surface area contributed by atoms with E-state index >= 15 is 0 Å². The van der Waals surface area contributed by atoms with Crippen LogP contribution in [0.4, 0.5) is 0 Å². The van der Waals surface area contributed by atoms with Crippen LogP contribution in [0.2, 0.25) is 10.0 Å². The number of amides is 1. The number of aromatic nitrogens is 4. The number of benzene rings is 1. The summed E-state index contributed by atoms with van der Waals surface area (Å²) in [5.74, 6) is 0.0750. The molecule has 0 bridgehead atoms. The van der Waals surface area contributed by atoms with Gasteiger partial charge in [0.2, 0.25) is 0 Å². The molecule has 10 heteroatoms. The zero-order valence-electron chi connectivity index (χ0n) is 13.6. The number of nitrogens with zero attached hydrogens (tertiary/aromatic N) is 4. The highest BCUT2D eigenvalue weighted by atomic mass is 79.9. The van der Waals surface area contributed by atoms with Crippen molar-refractivity contribution in [3.8, 4) is 5.75 Å². The van der Waals surface area contributed by atoms with E-state index in [0.29, 0.717) is 22.3 Å². The fraction of sp³-hybridized carbons (Fsp3) is 0.188. The van der Waals surface area contributed by atoms with Gasteiger partial charge in [-0.05, 0) is 34.1 Å². The molecule has 136 valence electrons. The summed E-state index contributed by atoms with van der Waals surface area (Å²) in [4.78, 5) is 12.2. The minimum Gasteiger partial charge on any atom is -0.468 e. The summed E-state index contributed by atoms with van der Waals surface area (Å²) >= 11 is 15.5. The zero-order chi connectivity index (χ0) is 18.7. The van der Waals surface area contributed by atoms with E-state index < -0.39 is 0 Å². The molecule has 0 unspecified atom stereocenters. The molecular formula is C16H14BrCl2N5O2. The molecule has 0 saturated carbocycles. The zero-order valence-corrected chi connectivity index (χ0v) is 16.7. The lowest BCUT2D eigenvalue weighted by atomic mass is 10.3. The molecule has 3 aromatic rings. The average molecular weight is 459 g/mol. The first-order valence-corrected chi connectivity index (χ1v) is 9.05. The van der Waals surface area contributed by atoms with Gasteiger partial charge >= 0.3 is 0 Å². The molecule has 26 heavy (non-hydrogen) atoms. The third-order valence-electron chi connectivity index (χ3n) is 3.56. The van der Waals surface area contributed by atoms with Gasteiger partial charge in [-0.1, -0.05) is 29.3 Å². The molecular weight excluding hydrogens is 445 g/mol. The van der Waals surface area contributed by atoms with Crippen molar-refractivity contribution < 1.29 is 9.53 Å². The summed E-state index contributed by atoms with van der Waals surface area (Å²) < 4.78 is 9.58. The number of nitrogens with one attached hydrogen (secondary N) is 1. The highest BCUT2D eigenvalue weighted by Gasteiger charge is 2.13. The predicted molar refractivity (Wildman–Crippen MR) is 101 cm³/mol. The topological polar surface area (TPSA) is 74.0 Å². The summed E-state index contributed by atoms with van der Waals surface area (Å²) in [5.41, 5.74) is 1.13. The van der Waals surface area contributed by atoms with Gasteiger partial charge in [0.25, 0.3) is 5.91 Å². The Bertz CT molecular complexity index is 901. The number of rotatable bonds is 6. The summed E-state index contributed by atoms with van der Waals surface area (Å²) in [6.07, 6.45) is 3.31. The molecule has 0 saturated heterocycles. The number of halogens is 3. The van der Waals surface area contributed by atoms with Gasteiger partial charge in [-0.25, -0.2) is 4.68 Å². The van der Waals surface area contributed by atoms with Crippen LogP contribution in [-0.2, 0) is 20.3 Å². The van der Waals surface area contributed by atoms with Gasteiger partial charge in [0, 0.05) is 13.2 Å². The molecule has 1 N–H and O–H groups in total. The Kier molecular flexibility index (Phi) is 5.85. The molecule has 1 aromatic carbocycles. The Morgan fingerprint density at radius 1 is 1.31 bits per heavy atom. The minimum absolute atomic E-state index is 0.0734. The van der Waals surface area contributed by atoms with Crippen molar-refractivity contribution in [2.45, 2.75) is 13.3 Å². The lowest BCUT2D eigenvalue weighted by Gasteiger charge is -2.09. The normalized spacial score (nSPS) is 10.8. The molecule has 7 nitrogen and oxygen atoms in total. The highest BCUT2D eigenvalue weighted by Crippen LogP contribution is 2.32. The van der Waals surface area contributed by atoms with Crippen molar-refractivity contribution in [1.29, 1.82) is 0 Å². The number of carbonyl (C=O) groups is 1. The first kappa shape index (κ1) is 18.8. The van der Waals surface area contributed by atoms with Crippen LogP contribution in [0.15, 0.2) is 41.1 Å². The van der Waals surface area contributed by atoms with Gasteiger partial charge in [-0.15, -0.1) is 0 Å². The largest absolute Gasteiger partial charge is 0.468 e. The maximum Gasteiger partial charge on any atom is 0.272 e. The number of aryl methyl sites for hydroxylation is 1. The third-order valence-corrected chi connectivity index (χ3v) is 4.82. The van der Waals surface area contributed by atoms with Crippen molar-refractivity contribution in [3.05, 3.63) is 62.6 Å². The van der Waals surface area contributed by atoms with Gasteiger partial charge < -0.3 is 10.1 Å². The summed E-state index contributed by atoms with van der Waals surface area (Å²) in [7, 11) is 1.80. The Morgan fingerprint density at radius 3 is 2.69 bits per heavy atom. The first-order valence-electron chi connectivity index (χ1n) is 7.50. The van der Waals surface area contributed by atoms with Gasteiger partial charge in [0.05, 0.1) is 33.0 Å². The molecule has 0 fully saturated rings. The molecule has 0 atom stereocenters. The second-order valence-electron chi connectivity index (χ2n) is 5.31. The number of para-hydroxylation sites is 1. The Balaban J connectivity index is 1.60. The average Bonchev–Trinajstić information content (AvgIpc) is 3.20. The van der Waals surface area contributed by atoms with Crippen LogP contribution in [0.25, 0.3) is 0 Å². The van der Waals surface area contributed by atoms with E-state index in [9.17, 15) is 4.79 Å². The van der Waals surface area contributed by atoms with Crippen LogP contribution >= 0.6 is 39.1 Å². The Hall–Kier alpha value is -2.03. The molecule has 2 aromatic heterocycles. The van der Waals surface area contributed by atoms with E-state index in [1.165, 1.54) is 4.68 Å². The van der Waals surface area contributed by atoms with Crippen molar-refractivity contribution in [3.63, 3.8) is 0 Å². The molecule has 1 amide bonds. The number of hydrogen-bond donors (Lipinski definition) is 1. The Labute approximate surface area is 168 Å². The van der Waals surface area contributed by atoms with Gasteiger partial charge in [-0.2, -0.15) is 10.2 Å².